The summed E-state index contributed by atoms with van der Waals surface area (Å²) in [7, 11) is 0. The summed E-state index contributed by atoms with van der Waals surface area (Å²) in [5.41, 5.74) is -0.0215. The molecule has 2 heterocycles. The van der Waals surface area contributed by atoms with E-state index in [-0.39, 0.29) is 5.69 Å². The minimum atomic E-state index is -0.0215. The average Bonchev–Trinajstić information content (AvgIpc) is 2.77. The van der Waals surface area contributed by atoms with E-state index in [2.05, 4.69) is 11.9 Å². The molecule has 0 bridgehead atoms. The number of imidazole rings is 1. The third kappa shape index (κ3) is 1.75. The highest BCUT2D eigenvalue weighted by Gasteiger charge is 2.27. The first-order chi connectivity index (χ1) is 6.81. The molecule has 0 radical (unpaired) electrons. The van der Waals surface area contributed by atoms with Crippen molar-refractivity contribution in [2.45, 2.75) is 32.4 Å². The van der Waals surface area contributed by atoms with Gasteiger partial charge in [0, 0.05) is 31.5 Å². The standard InChI is InChI=1S/C10H16N2O2/c1-2-9-8(3-6-14-9)7-12-5-4-11-10(12)13/h4-5,8-9H,2-3,6-7H2,1H3,(H,11,13). The Bertz CT molecular complexity index is 342. The van der Waals surface area contributed by atoms with Crippen LogP contribution < -0.4 is 5.69 Å². The largest absolute Gasteiger partial charge is 0.378 e. The molecule has 78 valence electrons. The lowest BCUT2D eigenvalue weighted by Gasteiger charge is -2.16. The van der Waals surface area contributed by atoms with E-state index < -0.39 is 0 Å². The summed E-state index contributed by atoms with van der Waals surface area (Å²) < 4.78 is 7.30. The van der Waals surface area contributed by atoms with Crippen molar-refractivity contribution in [3.05, 3.63) is 22.9 Å². The number of nitrogens with zero attached hydrogens (tertiary/aromatic N) is 1. The molecule has 2 rings (SSSR count). The Morgan fingerprint density at radius 1 is 1.71 bits per heavy atom. The van der Waals surface area contributed by atoms with Gasteiger partial charge in [-0.15, -0.1) is 0 Å². The second-order valence-electron chi connectivity index (χ2n) is 3.78. The van der Waals surface area contributed by atoms with E-state index in [0.717, 1.165) is 26.0 Å². The third-order valence-corrected chi connectivity index (χ3v) is 2.90. The second-order valence-corrected chi connectivity index (χ2v) is 3.78. The molecule has 1 aliphatic heterocycles. The zero-order chi connectivity index (χ0) is 9.97. The molecule has 1 aromatic heterocycles. The van der Waals surface area contributed by atoms with E-state index in [1.54, 1.807) is 17.0 Å². The van der Waals surface area contributed by atoms with Crippen molar-refractivity contribution in [3.63, 3.8) is 0 Å². The highest BCUT2D eigenvalue weighted by Crippen LogP contribution is 2.24. The Morgan fingerprint density at radius 3 is 3.21 bits per heavy atom. The smallest absolute Gasteiger partial charge is 0.325 e. The Balaban J connectivity index is 2.04. The molecule has 1 fully saturated rings. The SMILES string of the molecule is CCC1OCCC1Cn1cc[nH]c1=O. The number of aromatic amines is 1. The summed E-state index contributed by atoms with van der Waals surface area (Å²) in [5, 5.41) is 0. The van der Waals surface area contributed by atoms with Crippen LogP contribution in [-0.2, 0) is 11.3 Å². The maximum absolute atomic E-state index is 11.3. The molecule has 1 saturated heterocycles. The topological polar surface area (TPSA) is 47.0 Å². The molecule has 0 aromatic carbocycles. The Labute approximate surface area is 82.9 Å². The van der Waals surface area contributed by atoms with Crippen LogP contribution in [0.3, 0.4) is 0 Å². The van der Waals surface area contributed by atoms with Crippen molar-refractivity contribution < 1.29 is 4.74 Å². The predicted molar refractivity (Wildman–Crippen MR) is 53.2 cm³/mol. The number of H-pyrrole nitrogens is 1. The summed E-state index contributed by atoms with van der Waals surface area (Å²) in [6.45, 7) is 3.74. The highest BCUT2D eigenvalue weighted by atomic mass is 16.5. The van der Waals surface area contributed by atoms with Gasteiger partial charge in [0.05, 0.1) is 6.10 Å². The first-order valence-corrected chi connectivity index (χ1v) is 5.16. The molecular formula is C10H16N2O2. The lowest BCUT2D eigenvalue weighted by atomic mass is 10.00. The molecule has 4 heteroatoms. The molecule has 2 atom stereocenters. The van der Waals surface area contributed by atoms with Crippen LogP contribution in [0.2, 0.25) is 0 Å². The molecule has 14 heavy (non-hydrogen) atoms. The van der Waals surface area contributed by atoms with Gasteiger partial charge in [-0.25, -0.2) is 4.79 Å². The van der Waals surface area contributed by atoms with Crippen molar-refractivity contribution in [1.29, 1.82) is 0 Å². The van der Waals surface area contributed by atoms with Gasteiger partial charge >= 0.3 is 5.69 Å². The summed E-state index contributed by atoms with van der Waals surface area (Å²) in [6, 6.07) is 0. The van der Waals surface area contributed by atoms with E-state index in [1.165, 1.54) is 0 Å². The van der Waals surface area contributed by atoms with Crippen LogP contribution in [0.25, 0.3) is 0 Å². The minimum absolute atomic E-state index is 0.0215. The summed E-state index contributed by atoms with van der Waals surface area (Å²) in [5.74, 6) is 0.494. The number of hydrogen-bond acceptors (Lipinski definition) is 2. The van der Waals surface area contributed by atoms with Crippen LogP contribution in [0.15, 0.2) is 17.2 Å². The summed E-state index contributed by atoms with van der Waals surface area (Å²) in [4.78, 5) is 13.9. The predicted octanol–water partition coefficient (Wildman–Crippen LogP) is 0.991. The molecule has 1 N–H and O–H groups in total. The van der Waals surface area contributed by atoms with Gasteiger partial charge in [-0.05, 0) is 12.8 Å². The summed E-state index contributed by atoms with van der Waals surface area (Å²) >= 11 is 0. The van der Waals surface area contributed by atoms with Crippen LogP contribution in [-0.4, -0.2) is 22.3 Å². The van der Waals surface area contributed by atoms with Gasteiger partial charge in [0.1, 0.15) is 0 Å². The quantitative estimate of drug-likeness (QED) is 0.783. The summed E-state index contributed by atoms with van der Waals surface area (Å²) in [6.07, 6.45) is 5.91. The molecule has 4 nitrogen and oxygen atoms in total. The first-order valence-electron chi connectivity index (χ1n) is 5.16. The molecular weight excluding hydrogens is 180 g/mol. The zero-order valence-electron chi connectivity index (χ0n) is 8.40. The van der Waals surface area contributed by atoms with Gasteiger partial charge in [-0.3, -0.25) is 4.57 Å². The van der Waals surface area contributed by atoms with Gasteiger partial charge in [0.15, 0.2) is 0 Å². The third-order valence-electron chi connectivity index (χ3n) is 2.90. The zero-order valence-corrected chi connectivity index (χ0v) is 8.40. The molecule has 1 aromatic rings. The van der Waals surface area contributed by atoms with Crippen LogP contribution >= 0.6 is 0 Å². The molecule has 2 unspecified atom stereocenters. The second kappa shape index (κ2) is 4.00. The lowest BCUT2D eigenvalue weighted by Crippen LogP contribution is -2.25. The van der Waals surface area contributed by atoms with Crippen LogP contribution in [0, 0.1) is 5.92 Å². The molecule has 0 amide bonds. The van der Waals surface area contributed by atoms with Gasteiger partial charge < -0.3 is 9.72 Å². The van der Waals surface area contributed by atoms with E-state index >= 15 is 0 Å². The normalized spacial score (nSPS) is 26.9. The molecule has 0 aliphatic carbocycles. The van der Waals surface area contributed by atoms with Gasteiger partial charge in [0.2, 0.25) is 0 Å². The fraction of sp³-hybridized carbons (Fsp3) is 0.700. The number of rotatable bonds is 3. The molecule has 0 saturated carbocycles. The van der Waals surface area contributed by atoms with Crippen LogP contribution in [0.1, 0.15) is 19.8 Å². The van der Waals surface area contributed by atoms with E-state index in [4.69, 9.17) is 4.74 Å². The highest BCUT2D eigenvalue weighted by molar-refractivity contribution is 4.81. The average molecular weight is 196 g/mol. The maximum atomic E-state index is 11.3. The van der Waals surface area contributed by atoms with E-state index in [0.29, 0.717) is 12.0 Å². The van der Waals surface area contributed by atoms with Gasteiger partial charge in [-0.1, -0.05) is 6.92 Å². The molecule has 1 aliphatic rings. The number of nitrogens with one attached hydrogen (secondary N) is 1. The monoisotopic (exact) mass is 196 g/mol. The Morgan fingerprint density at radius 2 is 2.57 bits per heavy atom. The maximum Gasteiger partial charge on any atom is 0.325 e. The van der Waals surface area contributed by atoms with Crippen molar-refractivity contribution in [2.24, 2.45) is 5.92 Å². The fourth-order valence-corrected chi connectivity index (χ4v) is 2.10. The Hall–Kier alpha value is -1.03. The Kier molecular flexibility index (Phi) is 2.72. The van der Waals surface area contributed by atoms with Crippen molar-refractivity contribution in [2.75, 3.05) is 6.61 Å². The van der Waals surface area contributed by atoms with Crippen molar-refractivity contribution in [3.8, 4) is 0 Å². The number of ether oxygens (including phenoxy) is 1. The first kappa shape index (κ1) is 9.52. The fourth-order valence-electron chi connectivity index (χ4n) is 2.10. The van der Waals surface area contributed by atoms with Crippen LogP contribution in [0.4, 0.5) is 0 Å². The van der Waals surface area contributed by atoms with Crippen molar-refractivity contribution >= 4 is 0 Å². The minimum Gasteiger partial charge on any atom is -0.378 e. The number of aromatic nitrogens is 2. The van der Waals surface area contributed by atoms with E-state index in [9.17, 15) is 4.79 Å². The van der Waals surface area contributed by atoms with Crippen LogP contribution in [0.5, 0.6) is 0 Å². The van der Waals surface area contributed by atoms with Gasteiger partial charge in [0.25, 0.3) is 0 Å². The molecule has 0 spiro atoms. The van der Waals surface area contributed by atoms with E-state index in [1.807, 2.05) is 0 Å². The van der Waals surface area contributed by atoms with Gasteiger partial charge in [-0.2, -0.15) is 0 Å². The van der Waals surface area contributed by atoms with Crippen molar-refractivity contribution in [1.82, 2.24) is 9.55 Å². The number of hydrogen-bond donors (Lipinski definition) is 1. The lowest BCUT2D eigenvalue weighted by molar-refractivity contribution is 0.0832.